The van der Waals surface area contributed by atoms with Gasteiger partial charge >= 0.3 is 0 Å². The molecule has 108 valence electrons. The SMILES string of the molecule is COCCCCCn1nnnc1-c1cc(C)ccc1N. The van der Waals surface area contributed by atoms with Gasteiger partial charge in [-0.2, -0.15) is 0 Å². The lowest BCUT2D eigenvalue weighted by Crippen LogP contribution is -2.05. The van der Waals surface area contributed by atoms with E-state index in [2.05, 4.69) is 15.5 Å². The fraction of sp³-hybridized carbons (Fsp3) is 0.500. The van der Waals surface area contributed by atoms with Gasteiger partial charge in [0, 0.05) is 31.5 Å². The third-order valence-corrected chi connectivity index (χ3v) is 3.20. The molecule has 1 aromatic heterocycles. The molecular formula is C14H21N5O. The van der Waals surface area contributed by atoms with E-state index in [1.165, 1.54) is 0 Å². The van der Waals surface area contributed by atoms with Gasteiger partial charge in [0.25, 0.3) is 0 Å². The van der Waals surface area contributed by atoms with Crippen molar-refractivity contribution in [2.75, 3.05) is 19.5 Å². The summed E-state index contributed by atoms with van der Waals surface area (Å²) < 4.78 is 6.85. The van der Waals surface area contributed by atoms with Crippen LogP contribution in [0.3, 0.4) is 0 Å². The largest absolute Gasteiger partial charge is 0.398 e. The van der Waals surface area contributed by atoms with Gasteiger partial charge < -0.3 is 10.5 Å². The number of anilines is 1. The number of unbranched alkanes of at least 4 members (excludes halogenated alkanes) is 2. The van der Waals surface area contributed by atoms with Crippen molar-refractivity contribution in [3.63, 3.8) is 0 Å². The third kappa shape index (κ3) is 3.54. The normalized spacial score (nSPS) is 10.9. The van der Waals surface area contributed by atoms with E-state index in [0.29, 0.717) is 5.69 Å². The number of tetrazole rings is 1. The van der Waals surface area contributed by atoms with Gasteiger partial charge in [-0.15, -0.1) is 5.10 Å². The number of methoxy groups -OCH3 is 1. The first kappa shape index (κ1) is 14.5. The van der Waals surface area contributed by atoms with E-state index in [1.54, 1.807) is 7.11 Å². The minimum absolute atomic E-state index is 0.700. The maximum atomic E-state index is 6.02. The number of rotatable bonds is 7. The molecule has 0 radical (unpaired) electrons. The highest BCUT2D eigenvalue weighted by molar-refractivity contribution is 5.71. The number of nitrogens with two attached hydrogens (primary N) is 1. The van der Waals surface area contributed by atoms with Gasteiger partial charge in [0.05, 0.1) is 0 Å². The first-order valence-corrected chi connectivity index (χ1v) is 6.84. The summed E-state index contributed by atoms with van der Waals surface area (Å²) in [7, 11) is 1.72. The molecule has 20 heavy (non-hydrogen) atoms. The van der Waals surface area contributed by atoms with E-state index in [9.17, 15) is 0 Å². The molecule has 0 amide bonds. The van der Waals surface area contributed by atoms with Crippen LogP contribution in [0.25, 0.3) is 11.4 Å². The van der Waals surface area contributed by atoms with Crippen LogP contribution in [0.1, 0.15) is 24.8 Å². The molecule has 0 fully saturated rings. The van der Waals surface area contributed by atoms with Gasteiger partial charge in [0.2, 0.25) is 0 Å². The van der Waals surface area contributed by atoms with Gasteiger partial charge in [-0.05, 0) is 48.7 Å². The molecule has 6 nitrogen and oxygen atoms in total. The molecule has 1 heterocycles. The summed E-state index contributed by atoms with van der Waals surface area (Å²) in [6, 6.07) is 5.89. The minimum atomic E-state index is 0.700. The number of ether oxygens (including phenoxy) is 1. The lowest BCUT2D eigenvalue weighted by molar-refractivity contribution is 0.191. The zero-order valence-corrected chi connectivity index (χ0v) is 12.0. The van der Waals surface area contributed by atoms with Crippen LogP contribution in [0.5, 0.6) is 0 Å². The van der Waals surface area contributed by atoms with E-state index in [1.807, 2.05) is 29.8 Å². The number of hydrogen-bond acceptors (Lipinski definition) is 5. The van der Waals surface area contributed by atoms with Crippen molar-refractivity contribution in [2.24, 2.45) is 0 Å². The average molecular weight is 275 g/mol. The smallest absolute Gasteiger partial charge is 0.184 e. The highest BCUT2D eigenvalue weighted by Crippen LogP contribution is 2.24. The van der Waals surface area contributed by atoms with Crippen molar-refractivity contribution in [1.29, 1.82) is 0 Å². The van der Waals surface area contributed by atoms with Crippen LogP contribution in [0.15, 0.2) is 18.2 Å². The van der Waals surface area contributed by atoms with E-state index >= 15 is 0 Å². The lowest BCUT2D eigenvalue weighted by Gasteiger charge is -2.07. The Bertz CT molecular complexity index is 552. The first-order valence-electron chi connectivity index (χ1n) is 6.84. The van der Waals surface area contributed by atoms with Gasteiger partial charge in [-0.3, -0.25) is 0 Å². The lowest BCUT2D eigenvalue weighted by atomic mass is 10.1. The molecule has 2 rings (SSSR count). The fourth-order valence-corrected chi connectivity index (χ4v) is 2.10. The van der Waals surface area contributed by atoms with Crippen molar-refractivity contribution in [2.45, 2.75) is 32.7 Å². The molecule has 0 aliphatic rings. The van der Waals surface area contributed by atoms with Gasteiger partial charge in [0.15, 0.2) is 5.82 Å². The van der Waals surface area contributed by atoms with Gasteiger partial charge in [0.1, 0.15) is 0 Å². The predicted molar refractivity (Wildman–Crippen MR) is 78.1 cm³/mol. The molecule has 6 heteroatoms. The van der Waals surface area contributed by atoms with Crippen molar-refractivity contribution in [3.05, 3.63) is 23.8 Å². The number of aryl methyl sites for hydroxylation is 2. The van der Waals surface area contributed by atoms with Crippen LogP contribution in [-0.4, -0.2) is 33.9 Å². The number of nitrogens with zero attached hydrogens (tertiary/aromatic N) is 4. The highest BCUT2D eigenvalue weighted by atomic mass is 16.5. The summed E-state index contributed by atoms with van der Waals surface area (Å²) in [6.07, 6.45) is 3.17. The maximum absolute atomic E-state index is 6.02. The monoisotopic (exact) mass is 275 g/mol. The highest BCUT2D eigenvalue weighted by Gasteiger charge is 2.11. The number of benzene rings is 1. The molecule has 0 aliphatic heterocycles. The Labute approximate surface area is 118 Å². The third-order valence-electron chi connectivity index (χ3n) is 3.20. The molecule has 0 unspecified atom stereocenters. The Morgan fingerprint density at radius 3 is 2.90 bits per heavy atom. The van der Waals surface area contributed by atoms with Crippen LogP contribution in [0.4, 0.5) is 5.69 Å². The molecule has 0 spiro atoms. The molecular weight excluding hydrogens is 254 g/mol. The molecule has 0 bridgehead atoms. The Hall–Kier alpha value is -1.95. The fourth-order valence-electron chi connectivity index (χ4n) is 2.10. The summed E-state index contributed by atoms with van der Waals surface area (Å²) >= 11 is 0. The first-order chi connectivity index (χ1) is 9.72. The van der Waals surface area contributed by atoms with E-state index in [0.717, 1.165) is 49.4 Å². The van der Waals surface area contributed by atoms with Crippen molar-refractivity contribution < 1.29 is 4.74 Å². The van der Waals surface area contributed by atoms with Crippen LogP contribution in [-0.2, 0) is 11.3 Å². The predicted octanol–water partition coefficient (Wildman–Crippen LogP) is 2.05. The second-order valence-corrected chi connectivity index (χ2v) is 4.87. The zero-order valence-electron chi connectivity index (χ0n) is 12.0. The van der Waals surface area contributed by atoms with E-state index in [4.69, 9.17) is 10.5 Å². The van der Waals surface area contributed by atoms with E-state index in [-0.39, 0.29) is 0 Å². The van der Waals surface area contributed by atoms with Crippen LogP contribution < -0.4 is 5.73 Å². The summed E-state index contributed by atoms with van der Waals surface area (Å²) in [5, 5.41) is 11.9. The molecule has 0 atom stereocenters. The molecule has 0 saturated carbocycles. The second-order valence-electron chi connectivity index (χ2n) is 4.87. The molecule has 0 saturated heterocycles. The summed E-state index contributed by atoms with van der Waals surface area (Å²) in [5.74, 6) is 0.734. The Morgan fingerprint density at radius 1 is 1.25 bits per heavy atom. The Morgan fingerprint density at radius 2 is 2.10 bits per heavy atom. The molecule has 2 aromatic rings. The van der Waals surface area contributed by atoms with Crippen LogP contribution in [0, 0.1) is 6.92 Å². The Kier molecular flexibility index (Phi) is 5.06. The number of nitrogen functional groups attached to an aromatic ring is 1. The topological polar surface area (TPSA) is 78.8 Å². The Balaban J connectivity index is 2.06. The number of aromatic nitrogens is 4. The van der Waals surface area contributed by atoms with Crippen molar-refractivity contribution >= 4 is 5.69 Å². The van der Waals surface area contributed by atoms with Gasteiger partial charge in [-0.1, -0.05) is 11.6 Å². The van der Waals surface area contributed by atoms with Gasteiger partial charge in [-0.25, -0.2) is 4.68 Å². The minimum Gasteiger partial charge on any atom is -0.398 e. The van der Waals surface area contributed by atoms with E-state index < -0.39 is 0 Å². The maximum Gasteiger partial charge on any atom is 0.184 e. The molecule has 1 aromatic carbocycles. The van der Waals surface area contributed by atoms with Crippen molar-refractivity contribution in [1.82, 2.24) is 20.2 Å². The second kappa shape index (κ2) is 7.00. The quantitative estimate of drug-likeness (QED) is 0.618. The standard InChI is InChI=1S/C14H21N5O/c1-11-6-7-13(15)12(10-11)14-16-17-18-19(14)8-4-3-5-9-20-2/h6-7,10H,3-5,8-9,15H2,1-2H3. The zero-order chi connectivity index (χ0) is 14.4. The molecule has 2 N–H and O–H groups in total. The van der Waals surface area contributed by atoms with Crippen LogP contribution in [0.2, 0.25) is 0 Å². The van der Waals surface area contributed by atoms with Crippen molar-refractivity contribution in [3.8, 4) is 11.4 Å². The average Bonchev–Trinajstić information content (AvgIpc) is 2.89. The van der Waals surface area contributed by atoms with Crippen LogP contribution >= 0.6 is 0 Å². The molecule has 0 aliphatic carbocycles. The summed E-state index contributed by atoms with van der Waals surface area (Å²) in [5.41, 5.74) is 8.76. The number of hydrogen-bond donors (Lipinski definition) is 1. The summed E-state index contributed by atoms with van der Waals surface area (Å²) in [6.45, 7) is 3.62. The summed E-state index contributed by atoms with van der Waals surface area (Å²) in [4.78, 5) is 0.